The van der Waals surface area contributed by atoms with Crippen molar-refractivity contribution in [2.24, 2.45) is 0 Å². The van der Waals surface area contributed by atoms with Crippen LogP contribution in [0.1, 0.15) is 30.5 Å². The second-order valence-electron chi connectivity index (χ2n) is 7.31. The molecule has 2 fully saturated rings. The Morgan fingerprint density at radius 1 is 1.28 bits per heavy atom. The van der Waals surface area contributed by atoms with Crippen molar-refractivity contribution in [1.29, 1.82) is 0 Å². The summed E-state index contributed by atoms with van der Waals surface area (Å²) in [5.74, 6) is 0.146. The van der Waals surface area contributed by atoms with Crippen molar-refractivity contribution >= 4 is 11.6 Å². The zero-order valence-electron chi connectivity index (χ0n) is 14.8. The molecular weight excluding hydrogens is 316 g/mol. The maximum atomic E-state index is 12.6. The number of carbonyl (C=O) groups is 1. The quantitative estimate of drug-likeness (QED) is 0.912. The summed E-state index contributed by atoms with van der Waals surface area (Å²) >= 11 is 0. The predicted molar refractivity (Wildman–Crippen MR) is 95.4 cm³/mol. The zero-order valence-corrected chi connectivity index (χ0v) is 14.8. The molecular formula is C19H26N4O2. The first kappa shape index (κ1) is 16.5. The molecule has 4 rings (SSSR count). The highest BCUT2D eigenvalue weighted by atomic mass is 16.3. The molecule has 6 nitrogen and oxygen atoms in total. The van der Waals surface area contributed by atoms with Crippen molar-refractivity contribution in [3.63, 3.8) is 0 Å². The van der Waals surface area contributed by atoms with E-state index in [1.807, 2.05) is 40.8 Å². The number of fused-ring (bicyclic) bond motifs is 1. The highest BCUT2D eigenvalue weighted by Crippen LogP contribution is 2.25. The third-order valence-corrected chi connectivity index (χ3v) is 5.64. The molecule has 1 N–H and O–H groups in total. The normalized spacial score (nSPS) is 25.0. The number of aliphatic hydroxyl groups excluding tert-OH is 1. The average Bonchev–Trinajstić information content (AvgIpc) is 3.21. The Kier molecular flexibility index (Phi) is 4.48. The number of pyridine rings is 1. The SMILES string of the molecule is Cc1cccn2cc(CC(=O)N3CCN(C4CCCC4O)CC3)nc12. The van der Waals surface area contributed by atoms with Gasteiger partial charge in [0.05, 0.1) is 18.2 Å². The van der Waals surface area contributed by atoms with Gasteiger partial charge in [0.1, 0.15) is 5.65 Å². The standard InChI is InChI=1S/C19H26N4O2/c1-14-4-3-7-23-13-15(20-19(14)23)12-18(25)22-10-8-21(9-11-22)16-5-2-6-17(16)24/h3-4,7,13,16-17,24H,2,5-6,8-12H2,1H3. The van der Waals surface area contributed by atoms with Crippen LogP contribution in [0.4, 0.5) is 0 Å². The molecule has 2 aromatic heterocycles. The van der Waals surface area contributed by atoms with Gasteiger partial charge in [-0.05, 0) is 37.8 Å². The number of piperazine rings is 1. The molecule has 2 aliphatic rings. The third-order valence-electron chi connectivity index (χ3n) is 5.64. The van der Waals surface area contributed by atoms with Crippen molar-refractivity contribution in [3.05, 3.63) is 35.8 Å². The van der Waals surface area contributed by atoms with Crippen molar-refractivity contribution in [2.45, 2.75) is 44.8 Å². The van der Waals surface area contributed by atoms with Crippen molar-refractivity contribution in [2.75, 3.05) is 26.2 Å². The Morgan fingerprint density at radius 2 is 2.08 bits per heavy atom. The van der Waals surface area contributed by atoms with Crippen LogP contribution in [0.3, 0.4) is 0 Å². The molecule has 1 aliphatic heterocycles. The number of hydrogen-bond acceptors (Lipinski definition) is 4. The van der Waals surface area contributed by atoms with E-state index in [1.165, 1.54) is 0 Å². The largest absolute Gasteiger partial charge is 0.391 e. The first-order chi connectivity index (χ1) is 12.1. The average molecular weight is 342 g/mol. The van der Waals surface area contributed by atoms with Crippen LogP contribution in [0.2, 0.25) is 0 Å². The van der Waals surface area contributed by atoms with Crippen LogP contribution in [0.15, 0.2) is 24.5 Å². The molecule has 1 saturated heterocycles. The van der Waals surface area contributed by atoms with E-state index < -0.39 is 0 Å². The summed E-state index contributed by atoms with van der Waals surface area (Å²) in [5, 5.41) is 10.1. The minimum atomic E-state index is -0.191. The lowest BCUT2D eigenvalue weighted by Gasteiger charge is -2.39. The Balaban J connectivity index is 1.36. The summed E-state index contributed by atoms with van der Waals surface area (Å²) in [6, 6.07) is 4.32. The van der Waals surface area contributed by atoms with Gasteiger partial charge in [0.15, 0.2) is 0 Å². The van der Waals surface area contributed by atoms with Crippen LogP contribution >= 0.6 is 0 Å². The lowest BCUT2D eigenvalue weighted by Crippen LogP contribution is -2.53. The molecule has 1 amide bonds. The van der Waals surface area contributed by atoms with Crippen molar-refractivity contribution in [1.82, 2.24) is 19.2 Å². The number of nitrogens with zero attached hydrogens (tertiary/aromatic N) is 4. The molecule has 0 bridgehead atoms. The fraction of sp³-hybridized carbons (Fsp3) is 0.579. The van der Waals surface area contributed by atoms with Crippen LogP contribution in [-0.4, -0.2) is 68.5 Å². The van der Waals surface area contributed by atoms with Gasteiger partial charge in [0, 0.05) is 44.6 Å². The minimum absolute atomic E-state index is 0.146. The fourth-order valence-corrected chi connectivity index (χ4v) is 4.21. The van der Waals surface area contributed by atoms with E-state index in [0.717, 1.165) is 62.3 Å². The van der Waals surface area contributed by atoms with Crippen LogP contribution < -0.4 is 0 Å². The minimum Gasteiger partial charge on any atom is -0.391 e. The molecule has 2 atom stereocenters. The van der Waals surface area contributed by atoms with Crippen molar-refractivity contribution in [3.8, 4) is 0 Å². The number of carbonyl (C=O) groups excluding carboxylic acids is 1. The van der Waals surface area contributed by atoms with Crippen LogP contribution in [0, 0.1) is 6.92 Å². The molecule has 3 heterocycles. The number of hydrogen-bond donors (Lipinski definition) is 1. The second-order valence-corrected chi connectivity index (χ2v) is 7.31. The molecule has 1 aliphatic carbocycles. The molecule has 2 aromatic rings. The molecule has 2 unspecified atom stereocenters. The number of aryl methyl sites for hydroxylation is 1. The Morgan fingerprint density at radius 3 is 2.76 bits per heavy atom. The summed E-state index contributed by atoms with van der Waals surface area (Å²) in [6.45, 7) is 5.24. The molecule has 0 radical (unpaired) electrons. The van der Waals surface area contributed by atoms with Crippen LogP contribution in [-0.2, 0) is 11.2 Å². The van der Waals surface area contributed by atoms with E-state index in [9.17, 15) is 9.90 Å². The van der Waals surface area contributed by atoms with Gasteiger partial charge >= 0.3 is 0 Å². The van der Waals surface area contributed by atoms with Gasteiger partial charge in [0.2, 0.25) is 5.91 Å². The number of rotatable bonds is 3. The molecule has 0 aromatic carbocycles. The summed E-state index contributed by atoms with van der Waals surface area (Å²) in [6.07, 6.45) is 7.18. The molecule has 0 spiro atoms. The second kappa shape index (κ2) is 6.77. The van der Waals surface area contributed by atoms with Crippen molar-refractivity contribution < 1.29 is 9.90 Å². The zero-order chi connectivity index (χ0) is 17.4. The maximum absolute atomic E-state index is 12.6. The third kappa shape index (κ3) is 3.28. The summed E-state index contributed by atoms with van der Waals surface area (Å²) in [7, 11) is 0. The van der Waals surface area contributed by atoms with E-state index in [-0.39, 0.29) is 12.0 Å². The predicted octanol–water partition coefficient (Wildman–Crippen LogP) is 1.24. The topological polar surface area (TPSA) is 61.1 Å². The Bertz CT molecular complexity index is 764. The highest BCUT2D eigenvalue weighted by Gasteiger charge is 2.33. The number of amides is 1. The van der Waals surface area contributed by atoms with Crippen LogP contribution in [0.5, 0.6) is 0 Å². The summed E-state index contributed by atoms with van der Waals surface area (Å²) in [5.41, 5.74) is 2.86. The van der Waals surface area contributed by atoms with E-state index in [0.29, 0.717) is 12.5 Å². The smallest absolute Gasteiger partial charge is 0.228 e. The van der Waals surface area contributed by atoms with Gasteiger partial charge in [-0.1, -0.05) is 6.07 Å². The van der Waals surface area contributed by atoms with Gasteiger partial charge in [-0.25, -0.2) is 4.98 Å². The molecule has 134 valence electrons. The first-order valence-electron chi connectivity index (χ1n) is 9.25. The van der Waals surface area contributed by atoms with E-state index in [1.54, 1.807) is 0 Å². The Labute approximate surface area is 148 Å². The van der Waals surface area contributed by atoms with Gasteiger partial charge in [-0.15, -0.1) is 0 Å². The highest BCUT2D eigenvalue weighted by molar-refractivity contribution is 5.78. The van der Waals surface area contributed by atoms with Gasteiger partial charge < -0.3 is 14.4 Å². The summed E-state index contributed by atoms with van der Waals surface area (Å²) < 4.78 is 1.98. The molecule has 6 heteroatoms. The van der Waals surface area contributed by atoms with Crippen LogP contribution in [0.25, 0.3) is 5.65 Å². The van der Waals surface area contributed by atoms with E-state index >= 15 is 0 Å². The number of aromatic nitrogens is 2. The first-order valence-corrected chi connectivity index (χ1v) is 9.25. The van der Waals surface area contributed by atoms with E-state index in [2.05, 4.69) is 9.88 Å². The number of aliphatic hydroxyl groups is 1. The Hall–Kier alpha value is -1.92. The molecule has 25 heavy (non-hydrogen) atoms. The van der Waals surface area contributed by atoms with E-state index in [4.69, 9.17) is 0 Å². The lowest BCUT2D eigenvalue weighted by molar-refractivity contribution is -0.132. The summed E-state index contributed by atoms with van der Waals surface area (Å²) in [4.78, 5) is 21.5. The lowest BCUT2D eigenvalue weighted by atomic mass is 10.1. The van der Waals surface area contributed by atoms with Gasteiger partial charge in [-0.2, -0.15) is 0 Å². The molecule has 1 saturated carbocycles. The monoisotopic (exact) mass is 342 g/mol. The maximum Gasteiger partial charge on any atom is 0.228 e. The fourth-order valence-electron chi connectivity index (χ4n) is 4.21. The van der Waals surface area contributed by atoms with Gasteiger partial charge in [0.25, 0.3) is 0 Å². The van der Waals surface area contributed by atoms with Gasteiger partial charge in [-0.3, -0.25) is 9.69 Å². The number of imidazole rings is 1.